The summed E-state index contributed by atoms with van der Waals surface area (Å²) in [5.41, 5.74) is 2.64. The molecule has 1 aromatic rings. The van der Waals surface area contributed by atoms with E-state index in [1.807, 2.05) is 7.11 Å². The molecule has 0 amide bonds. The van der Waals surface area contributed by atoms with Crippen molar-refractivity contribution in [3.63, 3.8) is 0 Å². The highest BCUT2D eigenvalue weighted by Gasteiger charge is 2.47. The number of fused-ring (bicyclic) bond motifs is 3. The molecule has 146 valence electrons. The van der Waals surface area contributed by atoms with Crippen LogP contribution in [-0.4, -0.2) is 12.7 Å². The van der Waals surface area contributed by atoms with Crippen LogP contribution in [0.4, 0.5) is 0 Å². The van der Waals surface area contributed by atoms with E-state index in [1.165, 1.54) is 62.5 Å². The Morgan fingerprint density at radius 1 is 1.12 bits per heavy atom. The van der Waals surface area contributed by atoms with E-state index < -0.39 is 0 Å². The fourth-order valence-electron chi connectivity index (χ4n) is 5.24. The third kappa shape index (κ3) is 4.05. The number of rotatable bonds is 7. The van der Waals surface area contributed by atoms with Gasteiger partial charge in [0.1, 0.15) is 17.1 Å². The van der Waals surface area contributed by atoms with Gasteiger partial charge in [0.05, 0.1) is 7.11 Å². The summed E-state index contributed by atoms with van der Waals surface area (Å²) in [5.74, 6) is 4.12. The van der Waals surface area contributed by atoms with E-state index in [0.29, 0.717) is 11.8 Å². The first kappa shape index (κ1) is 19.6. The van der Waals surface area contributed by atoms with Gasteiger partial charge in [-0.3, -0.25) is 0 Å². The van der Waals surface area contributed by atoms with Gasteiger partial charge in [0, 0.05) is 11.5 Å². The van der Waals surface area contributed by atoms with Crippen LogP contribution in [-0.2, 0) is 6.42 Å². The SMILES string of the molecule is CCCCCCCc1cc(OC)c2c(c1)OC(C)(C)[C@@H]1CC[C@@H](C)C[C@@H]21. The second kappa shape index (κ2) is 8.23. The first-order valence-electron chi connectivity index (χ1n) is 10.9. The van der Waals surface area contributed by atoms with E-state index in [2.05, 4.69) is 39.8 Å². The van der Waals surface area contributed by atoms with Crippen LogP contribution in [0.2, 0.25) is 0 Å². The molecule has 2 nitrogen and oxygen atoms in total. The molecule has 1 aliphatic heterocycles. The summed E-state index contributed by atoms with van der Waals surface area (Å²) in [6.07, 6.45) is 11.6. The average molecular weight is 359 g/mol. The number of methoxy groups -OCH3 is 1. The van der Waals surface area contributed by atoms with Gasteiger partial charge in [-0.25, -0.2) is 0 Å². The van der Waals surface area contributed by atoms with Crippen molar-refractivity contribution in [2.45, 2.75) is 97.0 Å². The summed E-state index contributed by atoms with van der Waals surface area (Å²) >= 11 is 0. The van der Waals surface area contributed by atoms with E-state index in [0.717, 1.165) is 23.8 Å². The van der Waals surface area contributed by atoms with Crippen molar-refractivity contribution < 1.29 is 9.47 Å². The van der Waals surface area contributed by atoms with Gasteiger partial charge in [0.2, 0.25) is 0 Å². The molecule has 2 heteroatoms. The molecule has 0 unspecified atom stereocenters. The second-order valence-corrected chi connectivity index (χ2v) is 9.21. The maximum atomic E-state index is 6.57. The van der Waals surface area contributed by atoms with Crippen molar-refractivity contribution in [2.75, 3.05) is 7.11 Å². The second-order valence-electron chi connectivity index (χ2n) is 9.21. The molecule has 2 aliphatic rings. The molecule has 3 rings (SSSR count). The minimum atomic E-state index is -0.0808. The number of unbranched alkanes of at least 4 members (excludes halogenated alkanes) is 4. The Hall–Kier alpha value is -1.18. The molecule has 0 spiro atoms. The van der Waals surface area contributed by atoms with Crippen molar-refractivity contribution in [2.24, 2.45) is 11.8 Å². The molecule has 1 aromatic carbocycles. The molecule has 0 aromatic heterocycles. The van der Waals surface area contributed by atoms with Crippen molar-refractivity contribution in [3.8, 4) is 11.5 Å². The number of benzene rings is 1. The van der Waals surface area contributed by atoms with E-state index in [4.69, 9.17) is 9.47 Å². The van der Waals surface area contributed by atoms with Crippen LogP contribution in [0, 0.1) is 11.8 Å². The number of ether oxygens (including phenoxy) is 2. The van der Waals surface area contributed by atoms with Gasteiger partial charge in [0.15, 0.2) is 0 Å². The third-order valence-corrected chi connectivity index (χ3v) is 6.70. The van der Waals surface area contributed by atoms with E-state index in [1.54, 1.807) is 0 Å². The molecule has 1 aliphatic carbocycles. The highest BCUT2D eigenvalue weighted by Crippen LogP contribution is 2.55. The van der Waals surface area contributed by atoms with Crippen molar-refractivity contribution in [3.05, 3.63) is 23.3 Å². The Bertz CT molecular complexity index is 604. The van der Waals surface area contributed by atoms with Crippen LogP contribution < -0.4 is 9.47 Å². The lowest BCUT2D eigenvalue weighted by molar-refractivity contribution is -0.0146. The zero-order chi connectivity index (χ0) is 18.7. The van der Waals surface area contributed by atoms with Crippen LogP contribution in [0.1, 0.15) is 96.1 Å². The third-order valence-electron chi connectivity index (χ3n) is 6.70. The van der Waals surface area contributed by atoms with Crippen molar-refractivity contribution in [1.82, 2.24) is 0 Å². The molecule has 0 bridgehead atoms. The molecular weight excluding hydrogens is 320 g/mol. The molecular formula is C24H38O2. The van der Waals surface area contributed by atoms with Crippen LogP contribution in [0.25, 0.3) is 0 Å². The Kier molecular flexibility index (Phi) is 6.20. The van der Waals surface area contributed by atoms with Gasteiger partial charge in [-0.1, -0.05) is 46.0 Å². The first-order valence-corrected chi connectivity index (χ1v) is 10.9. The smallest absolute Gasteiger partial charge is 0.127 e. The predicted molar refractivity (Wildman–Crippen MR) is 109 cm³/mol. The maximum absolute atomic E-state index is 6.57. The number of hydrogen-bond acceptors (Lipinski definition) is 2. The van der Waals surface area contributed by atoms with E-state index in [-0.39, 0.29) is 5.60 Å². The monoisotopic (exact) mass is 358 g/mol. The Labute approximate surface area is 160 Å². The normalized spacial score (nSPS) is 26.6. The summed E-state index contributed by atoms with van der Waals surface area (Å²) in [7, 11) is 1.82. The van der Waals surface area contributed by atoms with Crippen LogP contribution >= 0.6 is 0 Å². The number of aryl methyl sites for hydroxylation is 1. The molecule has 0 saturated heterocycles. The fourth-order valence-corrected chi connectivity index (χ4v) is 5.24. The largest absolute Gasteiger partial charge is 0.496 e. The van der Waals surface area contributed by atoms with E-state index >= 15 is 0 Å². The summed E-state index contributed by atoms with van der Waals surface area (Å²) in [6, 6.07) is 4.60. The zero-order valence-electron chi connectivity index (χ0n) is 17.6. The fraction of sp³-hybridized carbons (Fsp3) is 0.750. The van der Waals surface area contributed by atoms with Gasteiger partial charge in [-0.2, -0.15) is 0 Å². The minimum Gasteiger partial charge on any atom is -0.496 e. The average Bonchev–Trinajstić information content (AvgIpc) is 2.60. The molecule has 1 heterocycles. The van der Waals surface area contributed by atoms with Gasteiger partial charge in [0.25, 0.3) is 0 Å². The van der Waals surface area contributed by atoms with Crippen LogP contribution in [0.3, 0.4) is 0 Å². The summed E-state index contributed by atoms with van der Waals surface area (Å²) in [5, 5.41) is 0. The highest BCUT2D eigenvalue weighted by molar-refractivity contribution is 5.52. The molecule has 1 saturated carbocycles. The molecule has 26 heavy (non-hydrogen) atoms. The van der Waals surface area contributed by atoms with Crippen molar-refractivity contribution >= 4 is 0 Å². The van der Waals surface area contributed by atoms with E-state index in [9.17, 15) is 0 Å². The van der Waals surface area contributed by atoms with Crippen molar-refractivity contribution in [1.29, 1.82) is 0 Å². The summed E-state index contributed by atoms with van der Waals surface area (Å²) in [6.45, 7) is 9.24. The highest BCUT2D eigenvalue weighted by atomic mass is 16.5. The minimum absolute atomic E-state index is 0.0808. The molecule has 1 fully saturated rings. The lowest BCUT2D eigenvalue weighted by Crippen LogP contribution is -2.46. The van der Waals surface area contributed by atoms with Crippen LogP contribution in [0.15, 0.2) is 12.1 Å². The van der Waals surface area contributed by atoms with Crippen LogP contribution in [0.5, 0.6) is 11.5 Å². The number of hydrogen-bond donors (Lipinski definition) is 0. The summed E-state index contributed by atoms with van der Waals surface area (Å²) in [4.78, 5) is 0. The Morgan fingerprint density at radius 3 is 2.62 bits per heavy atom. The molecule has 0 radical (unpaired) electrons. The molecule has 3 atom stereocenters. The van der Waals surface area contributed by atoms with Gasteiger partial charge < -0.3 is 9.47 Å². The van der Waals surface area contributed by atoms with Gasteiger partial charge in [-0.15, -0.1) is 0 Å². The predicted octanol–water partition coefficient (Wildman–Crippen LogP) is 6.90. The lowest BCUT2D eigenvalue weighted by Gasteiger charge is -2.49. The quantitative estimate of drug-likeness (QED) is 0.494. The molecule has 0 N–H and O–H groups in total. The Morgan fingerprint density at radius 2 is 1.88 bits per heavy atom. The maximum Gasteiger partial charge on any atom is 0.127 e. The summed E-state index contributed by atoms with van der Waals surface area (Å²) < 4.78 is 12.4. The van der Waals surface area contributed by atoms with Gasteiger partial charge >= 0.3 is 0 Å². The first-order chi connectivity index (χ1) is 12.5. The lowest BCUT2D eigenvalue weighted by atomic mass is 9.64. The standard InChI is InChI=1S/C24H38O2/c1-6-7-8-9-10-11-18-15-21(25-5)23-19-14-17(2)12-13-20(19)24(3,4)26-22(23)16-18/h15-17,19-20H,6-14H2,1-5H3/t17-,19-,20-/m1/s1. The zero-order valence-corrected chi connectivity index (χ0v) is 17.6. The Balaban J connectivity index is 1.85. The topological polar surface area (TPSA) is 18.5 Å². The van der Waals surface area contributed by atoms with Gasteiger partial charge in [-0.05, 0) is 69.1 Å².